The van der Waals surface area contributed by atoms with Gasteiger partial charge in [-0.1, -0.05) is 11.6 Å². The van der Waals surface area contributed by atoms with Crippen molar-refractivity contribution >= 4 is 29.1 Å². The van der Waals surface area contributed by atoms with Crippen LogP contribution in [0.3, 0.4) is 0 Å². The molecule has 0 amide bonds. The average molecular weight is 290 g/mol. The molecule has 5 nitrogen and oxygen atoms in total. The Bertz CT molecular complexity index is 622. The smallest absolute Gasteiger partial charge is 0.239 e. The molecule has 4 N–H and O–H groups in total. The number of nitrogens with two attached hydrogens (primary N) is 1. The van der Waals surface area contributed by atoms with Crippen molar-refractivity contribution in [1.82, 2.24) is 9.97 Å². The normalized spacial score (nSPS) is 10.4. The van der Waals surface area contributed by atoms with Crippen LogP contribution in [-0.2, 0) is 0 Å². The van der Waals surface area contributed by atoms with Gasteiger partial charge in [0, 0.05) is 0 Å². The topological polar surface area (TPSA) is 75.9 Å². The van der Waals surface area contributed by atoms with Crippen LogP contribution in [0.25, 0.3) is 0 Å². The van der Waals surface area contributed by atoms with E-state index < -0.39 is 17.5 Å². The molecular weight excluding hydrogens is 283 g/mol. The molecule has 9 heteroatoms. The van der Waals surface area contributed by atoms with Gasteiger partial charge in [-0.15, -0.1) is 0 Å². The van der Waals surface area contributed by atoms with Gasteiger partial charge in [-0.25, -0.2) is 24.0 Å². The quantitative estimate of drug-likeness (QED) is 0.460. The fourth-order valence-corrected chi connectivity index (χ4v) is 1.41. The maximum absolute atomic E-state index is 13.5. The summed E-state index contributed by atoms with van der Waals surface area (Å²) in [5.74, 6) is 0.866. The van der Waals surface area contributed by atoms with Gasteiger partial charge in [-0.3, -0.25) is 5.43 Å². The maximum Gasteiger partial charge on any atom is 0.239 e. The van der Waals surface area contributed by atoms with Gasteiger partial charge in [0.2, 0.25) is 5.95 Å². The lowest BCUT2D eigenvalue weighted by Gasteiger charge is -2.09. The van der Waals surface area contributed by atoms with E-state index in [-0.39, 0.29) is 22.5 Å². The fourth-order valence-electron chi connectivity index (χ4n) is 1.27. The Hall–Kier alpha value is -2.06. The number of aromatic nitrogens is 2. The van der Waals surface area contributed by atoms with E-state index in [0.29, 0.717) is 0 Å². The molecule has 0 saturated carbocycles. The Balaban J connectivity index is 2.39. The zero-order chi connectivity index (χ0) is 14.0. The summed E-state index contributed by atoms with van der Waals surface area (Å²) in [5, 5.41) is 2.48. The zero-order valence-corrected chi connectivity index (χ0v) is 9.97. The maximum atomic E-state index is 13.5. The second-order valence-electron chi connectivity index (χ2n) is 3.38. The SMILES string of the molecule is NNc1ncc(Cl)c(Nc2ccc(F)c(F)c2F)n1. The molecular formula is C10H7ClF3N5. The summed E-state index contributed by atoms with van der Waals surface area (Å²) in [6, 6.07) is 1.79. The lowest BCUT2D eigenvalue weighted by atomic mass is 10.3. The number of benzene rings is 1. The highest BCUT2D eigenvalue weighted by Gasteiger charge is 2.15. The van der Waals surface area contributed by atoms with Crippen molar-refractivity contribution in [3.8, 4) is 0 Å². The Morgan fingerprint density at radius 3 is 2.58 bits per heavy atom. The Morgan fingerprint density at radius 2 is 1.89 bits per heavy atom. The molecule has 0 fully saturated rings. The first-order valence-electron chi connectivity index (χ1n) is 4.92. The predicted molar refractivity (Wildman–Crippen MR) is 64.5 cm³/mol. The zero-order valence-electron chi connectivity index (χ0n) is 9.22. The number of hydrogen-bond donors (Lipinski definition) is 3. The molecule has 0 radical (unpaired) electrons. The van der Waals surface area contributed by atoms with Gasteiger partial charge in [0.1, 0.15) is 5.02 Å². The van der Waals surface area contributed by atoms with Crippen LogP contribution in [0.5, 0.6) is 0 Å². The molecule has 0 atom stereocenters. The number of nitrogen functional groups attached to an aromatic ring is 1. The summed E-state index contributed by atoms with van der Waals surface area (Å²) in [6.07, 6.45) is 1.21. The second-order valence-corrected chi connectivity index (χ2v) is 3.79. The minimum Gasteiger partial charge on any atom is -0.336 e. The number of rotatable bonds is 3. The van der Waals surface area contributed by atoms with Crippen LogP contribution in [0, 0.1) is 17.5 Å². The molecule has 2 aromatic rings. The van der Waals surface area contributed by atoms with E-state index in [0.717, 1.165) is 12.1 Å². The van der Waals surface area contributed by atoms with Crippen molar-refractivity contribution in [2.75, 3.05) is 10.7 Å². The third kappa shape index (κ3) is 2.69. The van der Waals surface area contributed by atoms with Crippen LogP contribution in [0.1, 0.15) is 0 Å². The monoisotopic (exact) mass is 289 g/mol. The Labute approximate surface area is 110 Å². The number of hydrogen-bond acceptors (Lipinski definition) is 5. The van der Waals surface area contributed by atoms with Gasteiger partial charge < -0.3 is 5.32 Å². The third-order valence-electron chi connectivity index (χ3n) is 2.16. The number of hydrazine groups is 1. The van der Waals surface area contributed by atoms with Gasteiger partial charge in [0.25, 0.3) is 0 Å². The summed E-state index contributed by atoms with van der Waals surface area (Å²) in [4.78, 5) is 7.51. The molecule has 100 valence electrons. The summed E-state index contributed by atoms with van der Waals surface area (Å²) >= 11 is 5.78. The van der Waals surface area contributed by atoms with Gasteiger partial charge in [0.15, 0.2) is 23.3 Å². The molecule has 2 rings (SSSR count). The fraction of sp³-hybridized carbons (Fsp3) is 0. The largest absolute Gasteiger partial charge is 0.336 e. The number of anilines is 3. The van der Waals surface area contributed by atoms with E-state index in [1.807, 2.05) is 0 Å². The van der Waals surface area contributed by atoms with Crippen LogP contribution >= 0.6 is 11.6 Å². The van der Waals surface area contributed by atoms with Crippen LogP contribution in [0.2, 0.25) is 5.02 Å². The lowest BCUT2D eigenvalue weighted by Crippen LogP contribution is -2.11. The van der Waals surface area contributed by atoms with E-state index in [1.54, 1.807) is 0 Å². The van der Waals surface area contributed by atoms with Crippen molar-refractivity contribution in [3.63, 3.8) is 0 Å². The highest BCUT2D eigenvalue weighted by molar-refractivity contribution is 6.32. The first kappa shape index (κ1) is 13.4. The molecule has 0 aliphatic heterocycles. The highest BCUT2D eigenvalue weighted by atomic mass is 35.5. The van der Waals surface area contributed by atoms with Crippen LogP contribution in [0.4, 0.5) is 30.6 Å². The lowest BCUT2D eigenvalue weighted by molar-refractivity contribution is 0.449. The number of halogens is 4. The summed E-state index contributed by atoms with van der Waals surface area (Å²) in [6.45, 7) is 0. The van der Waals surface area contributed by atoms with E-state index in [2.05, 4.69) is 20.7 Å². The minimum absolute atomic E-state index is 0.00507. The minimum atomic E-state index is -1.59. The molecule has 0 aliphatic carbocycles. The van der Waals surface area contributed by atoms with Crippen molar-refractivity contribution in [1.29, 1.82) is 0 Å². The number of nitrogens with zero attached hydrogens (tertiary/aromatic N) is 2. The molecule has 0 aliphatic rings. The molecule has 0 unspecified atom stereocenters. The average Bonchev–Trinajstić information content (AvgIpc) is 2.41. The molecule has 0 spiro atoms. The van der Waals surface area contributed by atoms with E-state index in [1.165, 1.54) is 6.20 Å². The first-order chi connectivity index (χ1) is 9.02. The van der Waals surface area contributed by atoms with E-state index >= 15 is 0 Å². The molecule has 19 heavy (non-hydrogen) atoms. The predicted octanol–water partition coefficient (Wildman–Crippen LogP) is 2.58. The summed E-state index contributed by atoms with van der Waals surface area (Å²) in [7, 11) is 0. The first-order valence-corrected chi connectivity index (χ1v) is 5.30. The summed E-state index contributed by atoms with van der Waals surface area (Å²) in [5.41, 5.74) is 1.85. The molecule has 1 aromatic heterocycles. The van der Waals surface area contributed by atoms with E-state index in [9.17, 15) is 13.2 Å². The molecule has 1 heterocycles. The standard InChI is InChI=1S/C10H7ClF3N5/c11-4-3-16-10(19-15)18-9(4)17-6-2-1-5(12)7(13)8(6)14/h1-3H,15H2,(H2,16,17,18,19). The molecule has 0 saturated heterocycles. The Kier molecular flexibility index (Phi) is 3.72. The van der Waals surface area contributed by atoms with Crippen molar-refractivity contribution in [2.24, 2.45) is 5.84 Å². The van der Waals surface area contributed by atoms with Crippen LogP contribution < -0.4 is 16.6 Å². The third-order valence-corrected chi connectivity index (χ3v) is 2.44. The van der Waals surface area contributed by atoms with Crippen LogP contribution in [-0.4, -0.2) is 9.97 Å². The number of nitrogens with one attached hydrogen (secondary N) is 2. The second kappa shape index (κ2) is 5.29. The highest BCUT2D eigenvalue weighted by Crippen LogP contribution is 2.26. The van der Waals surface area contributed by atoms with E-state index in [4.69, 9.17) is 17.4 Å². The summed E-state index contributed by atoms with van der Waals surface area (Å²) < 4.78 is 39.3. The van der Waals surface area contributed by atoms with Gasteiger partial charge >= 0.3 is 0 Å². The molecule has 1 aromatic carbocycles. The van der Waals surface area contributed by atoms with Crippen LogP contribution in [0.15, 0.2) is 18.3 Å². The molecule has 0 bridgehead atoms. The Morgan fingerprint density at radius 1 is 1.16 bits per heavy atom. The van der Waals surface area contributed by atoms with Crippen molar-refractivity contribution < 1.29 is 13.2 Å². The van der Waals surface area contributed by atoms with Gasteiger partial charge in [-0.05, 0) is 12.1 Å². The van der Waals surface area contributed by atoms with Crippen molar-refractivity contribution in [2.45, 2.75) is 0 Å². The van der Waals surface area contributed by atoms with Gasteiger partial charge in [-0.2, -0.15) is 4.98 Å². The van der Waals surface area contributed by atoms with Gasteiger partial charge in [0.05, 0.1) is 11.9 Å². The van der Waals surface area contributed by atoms with Crippen molar-refractivity contribution in [3.05, 3.63) is 40.8 Å².